The van der Waals surface area contributed by atoms with Gasteiger partial charge in [0.2, 0.25) is 5.78 Å². The van der Waals surface area contributed by atoms with Gasteiger partial charge in [-0.1, -0.05) is 24.3 Å². The second-order valence-electron chi connectivity index (χ2n) is 5.69. The standard InChI is InChI=1S/C20H21NO4/c1-23-18-8-7-14(11-20(18)24-2)9-10-21-13-16(22)19-12-15-5-3-4-6-17(15)25-19/h3-8,11-12,21H,9-10,13H2,1-2H3. The van der Waals surface area contributed by atoms with Gasteiger partial charge in [-0.15, -0.1) is 0 Å². The Hall–Kier alpha value is -2.79. The maximum atomic E-state index is 12.2. The maximum absolute atomic E-state index is 12.2. The lowest BCUT2D eigenvalue weighted by Crippen LogP contribution is -2.24. The van der Waals surface area contributed by atoms with Gasteiger partial charge in [-0.25, -0.2) is 0 Å². The first-order valence-electron chi connectivity index (χ1n) is 8.14. The lowest BCUT2D eigenvalue weighted by atomic mass is 10.1. The number of hydrogen-bond donors (Lipinski definition) is 1. The number of rotatable bonds is 8. The highest BCUT2D eigenvalue weighted by Crippen LogP contribution is 2.27. The second kappa shape index (κ2) is 7.85. The molecule has 3 aromatic rings. The van der Waals surface area contributed by atoms with E-state index in [2.05, 4.69) is 5.32 Å². The minimum Gasteiger partial charge on any atom is -0.493 e. The topological polar surface area (TPSA) is 60.7 Å². The van der Waals surface area contributed by atoms with Crippen LogP contribution >= 0.6 is 0 Å². The molecule has 1 N–H and O–H groups in total. The molecule has 0 aliphatic rings. The fourth-order valence-electron chi connectivity index (χ4n) is 2.68. The smallest absolute Gasteiger partial charge is 0.211 e. The van der Waals surface area contributed by atoms with E-state index in [0.29, 0.717) is 23.8 Å². The predicted octanol–water partition coefficient (Wildman–Crippen LogP) is 3.47. The number of fused-ring (bicyclic) bond motifs is 1. The van der Waals surface area contributed by atoms with Crippen LogP contribution in [0.15, 0.2) is 52.9 Å². The minimum atomic E-state index is -0.0523. The van der Waals surface area contributed by atoms with Crippen molar-refractivity contribution >= 4 is 16.8 Å². The van der Waals surface area contributed by atoms with Gasteiger partial charge in [-0.2, -0.15) is 0 Å². The molecule has 0 bridgehead atoms. The normalized spacial score (nSPS) is 10.8. The van der Waals surface area contributed by atoms with E-state index >= 15 is 0 Å². The average molecular weight is 339 g/mol. The number of carbonyl (C=O) groups is 1. The molecule has 0 amide bonds. The SMILES string of the molecule is COc1ccc(CCNCC(=O)c2cc3ccccc3o2)cc1OC. The number of ketones is 1. The van der Waals surface area contributed by atoms with E-state index in [0.717, 1.165) is 23.0 Å². The highest BCUT2D eigenvalue weighted by atomic mass is 16.5. The monoisotopic (exact) mass is 339 g/mol. The van der Waals surface area contributed by atoms with Crippen LogP contribution in [0.3, 0.4) is 0 Å². The van der Waals surface area contributed by atoms with Crippen LogP contribution in [0.1, 0.15) is 16.1 Å². The largest absolute Gasteiger partial charge is 0.493 e. The maximum Gasteiger partial charge on any atom is 0.211 e. The highest BCUT2D eigenvalue weighted by Gasteiger charge is 2.11. The highest BCUT2D eigenvalue weighted by molar-refractivity contribution is 5.98. The molecule has 0 saturated heterocycles. The number of carbonyl (C=O) groups excluding carboxylic acids is 1. The molecule has 0 radical (unpaired) electrons. The van der Waals surface area contributed by atoms with Crippen LogP contribution in [0.25, 0.3) is 11.0 Å². The predicted molar refractivity (Wildman–Crippen MR) is 96.7 cm³/mol. The van der Waals surface area contributed by atoms with Crippen LogP contribution in [0.4, 0.5) is 0 Å². The zero-order chi connectivity index (χ0) is 17.6. The zero-order valence-corrected chi connectivity index (χ0v) is 14.4. The Morgan fingerprint density at radius 1 is 1.04 bits per heavy atom. The van der Waals surface area contributed by atoms with E-state index in [4.69, 9.17) is 13.9 Å². The average Bonchev–Trinajstić information content (AvgIpc) is 3.09. The Balaban J connectivity index is 1.52. The van der Waals surface area contributed by atoms with Gasteiger partial charge < -0.3 is 19.2 Å². The van der Waals surface area contributed by atoms with Crippen molar-refractivity contribution in [3.63, 3.8) is 0 Å². The molecule has 5 nitrogen and oxygen atoms in total. The number of ether oxygens (including phenoxy) is 2. The van der Waals surface area contributed by atoms with E-state index in [1.165, 1.54) is 0 Å². The lowest BCUT2D eigenvalue weighted by Gasteiger charge is -2.09. The summed E-state index contributed by atoms with van der Waals surface area (Å²) in [5.74, 6) is 1.75. The summed E-state index contributed by atoms with van der Waals surface area (Å²) in [7, 11) is 3.23. The van der Waals surface area contributed by atoms with Crippen LogP contribution < -0.4 is 14.8 Å². The number of benzene rings is 2. The summed E-state index contributed by atoms with van der Waals surface area (Å²) >= 11 is 0. The molecule has 5 heteroatoms. The van der Waals surface area contributed by atoms with Gasteiger partial charge in [0.05, 0.1) is 20.8 Å². The zero-order valence-electron chi connectivity index (χ0n) is 14.4. The molecule has 0 unspecified atom stereocenters. The van der Waals surface area contributed by atoms with E-state index in [1.54, 1.807) is 20.3 Å². The molecular weight excluding hydrogens is 318 g/mol. The van der Waals surface area contributed by atoms with Crippen LogP contribution in [0, 0.1) is 0 Å². The van der Waals surface area contributed by atoms with Crippen molar-refractivity contribution in [1.29, 1.82) is 0 Å². The van der Waals surface area contributed by atoms with Crippen LogP contribution in [-0.4, -0.2) is 33.1 Å². The fourth-order valence-corrected chi connectivity index (χ4v) is 2.68. The molecule has 25 heavy (non-hydrogen) atoms. The third kappa shape index (κ3) is 4.00. The Morgan fingerprint density at radius 2 is 1.84 bits per heavy atom. The number of nitrogens with one attached hydrogen (secondary N) is 1. The quantitative estimate of drug-likeness (QED) is 0.503. The minimum absolute atomic E-state index is 0.0523. The van der Waals surface area contributed by atoms with E-state index in [-0.39, 0.29) is 12.3 Å². The molecule has 0 spiro atoms. The summed E-state index contributed by atoms with van der Waals surface area (Å²) < 4.78 is 16.1. The van der Waals surface area contributed by atoms with Gasteiger partial charge in [0.25, 0.3) is 0 Å². The Labute approximate surface area is 146 Å². The summed E-state index contributed by atoms with van der Waals surface area (Å²) in [6.07, 6.45) is 0.785. The van der Waals surface area contributed by atoms with Crippen molar-refractivity contribution in [3.05, 3.63) is 59.9 Å². The molecule has 1 heterocycles. The molecular formula is C20H21NO4. The number of furan rings is 1. The van der Waals surface area contributed by atoms with Gasteiger partial charge in [0.1, 0.15) is 5.58 Å². The second-order valence-corrected chi connectivity index (χ2v) is 5.69. The molecule has 0 aliphatic carbocycles. The van der Waals surface area contributed by atoms with E-state index in [1.807, 2.05) is 42.5 Å². The van der Waals surface area contributed by atoms with Crippen molar-refractivity contribution in [2.75, 3.05) is 27.3 Å². The number of methoxy groups -OCH3 is 2. The van der Waals surface area contributed by atoms with Gasteiger partial charge in [0, 0.05) is 5.39 Å². The molecule has 0 aliphatic heterocycles. The van der Waals surface area contributed by atoms with Crippen molar-refractivity contribution < 1.29 is 18.7 Å². The summed E-state index contributed by atoms with van der Waals surface area (Å²) in [6.45, 7) is 0.925. The van der Waals surface area contributed by atoms with Crippen molar-refractivity contribution in [2.24, 2.45) is 0 Å². The molecule has 2 aromatic carbocycles. The number of para-hydroxylation sites is 1. The summed E-state index contributed by atoms with van der Waals surface area (Å²) in [4.78, 5) is 12.2. The molecule has 0 fully saturated rings. The van der Waals surface area contributed by atoms with Crippen molar-refractivity contribution in [3.8, 4) is 11.5 Å². The third-order valence-electron chi connectivity index (χ3n) is 4.02. The first-order valence-corrected chi connectivity index (χ1v) is 8.14. The van der Waals surface area contributed by atoms with E-state index in [9.17, 15) is 4.79 Å². The summed E-state index contributed by atoms with van der Waals surface area (Å²) in [5, 5.41) is 4.10. The number of Topliss-reactive ketones (excluding diaryl/α,β-unsaturated/α-hetero) is 1. The van der Waals surface area contributed by atoms with Gasteiger partial charge in [-0.3, -0.25) is 4.79 Å². The summed E-state index contributed by atoms with van der Waals surface area (Å²) in [6, 6.07) is 15.2. The van der Waals surface area contributed by atoms with Crippen LogP contribution in [0.2, 0.25) is 0 Å². The summed E-state index contributed by atoms with van der Waals surface area (Å²) in [5.41, 5.74) is 1.84. The van der Waals surface area contributed by atoms with Gasteiger partial charge in [0.15, 0.2) is 17.3 Å². The molecule has 1 aromatic heterocycles. The van der Waals surface area contributed by atoms with Gasteiger partial charge >= 0.3 is 0 Å². The third-order valence-corrected chi connectivity index (χ3v) is 4.02. The van der Waals surface area contributed by atoms with Crippen LogP contribution in [0.5, 0.6) is 11.5 Å². The van der Waals surface area contributed by atoms with E-state index < -0.39 is 0 Å². The fraction of sp³-hybridized carbons (Fsp3) is 0.250. The Morgan fingerprint density at radius 3 is 2.60 bits per heavy atom. The first kappa shape index (κ1) is 17.0. The first-order chi connectivity index (χ1) is 12.2. The Kier molecular flexibility index (Phi) is 5.36. The van der Waals surface area contributed by atoms with Gasteiger partial charge in [-0.05, 0) is 42.8 Å². The number of hydrogen-bond acceptors (Lipinski definition) is 5. The Bertz CT molecular complexity index is 836. The molecule has 130 valence electrons. The van der Waals surface area contributed by atoms with Crippen molar-refractivity contribution in [1.82, 2.24) is 5.32 Å². The molecule has 0 atom stereocenters. The molecule has 3 rings (SSSR count). The lowest BCUT2D eigenvalue weighted by molar-refractivity contribution is 0.0967. The molecule has 0 saturated carbocycles. The van der Waals surface area contributed by atoms with Crippen molar-refractivity contribution in [2.45, 2.75) is 6.42 Å². The van der Waals surface area contributed by atoms with Crippen LogP contribution in [-0.2, 0) is 6.42 Å².